The van der Waals surface area contributed by atoms with Gasteiger partial charge in [0.2, 0.25) is 21.8 Å². The number of ether oxygens (including phenoxy) is 3. The lowest BCUT2D eigenvalue weighted by molar-refractivity contribution is -0.163. The van der Waals surface area contributed by atoms with Crippen molar-refractivity contribution >= 4 is 62.7 Å². The summed E-state index contributed by atoms with van der Waals surface area (Å²) >= 11 is 18.3. The molecule has 3 amide bonds. The summed E-state index contributed by atoms with van der Waals surface area (Å²) in [5, 5.41) is 5.83. The Labute approximate surface area is 320 Å². The number of hydrogen-bond donors (Lipinski definition) is 3. The molecule has 0 saturated carbocycles. The van der Waals surface area contributed by atoms with Crippen molar-refractivity contribution in [2.75, 3.05) is 26.3 Å². The molecular weight excluding hydrogens is 755 g/mol. The van der Waals surface area contributed by atoms with E-state index in [4.69, 9.17) is 49.0 Å². The number of sulfonamides is 1. The van der Waals surface area contributed by atoms with Gasteiger partial charge < -0.3 is 29.7 Å². The minimum absolute atomic E-state index is 0.0273. The van der Waals surface area contributed by atoms with Crippen LogP contribution in [0.5, 0.6) is 0 Å². The predicted molar refractivity (Wildman–Crippen MR) is 201 cm³/mol. The fourth-order valence-corrected chi connectivity index (χ4v) is 7.03. The molecule has 0 spiro atoms. The lowest BCUT2D eigenvalue weighted by Crippen LogP contribution is -2.65. The number of carbonyl (C=O) groups excluding carboxylic acids is 3. The quantitative estimate of drug-likeness (QED) is 0.126. The van der Waals surface area contributed by atoms with Crippen LogP contribution in [0.3, 0.4) is 0 Å². The fraction of sp³-hybridized carbons (Fsp3) is 0.417. The van der Waals surface area contributed by atoms with Crippen LogP contribution in [0.4, 0.5) is 4.79 Å². The first-order chi connectivity index (χ1) is 24.6. The molecule has 52 heavy (non-hydrogen) atoms. The van der Waals surface area contributed by atoms with Crippen LogP contribution in [0, 0.1) is 0 Å². The standard InChI is InChI=1S/C36H45Cl3N4O8S/c1-6-49-32(50-7-2)21-43(24(3)4)33(44)30(19-25-13-15-27(37)16-14-25)41-34(45)36(5,42-35(46)51-22-26-11-9-8-10-12-26)23-40-52(47,48)31-18-17-28(38)20-29(31)39/h8-18,20,24,30,32,40H,6-7,19,21-23H2,1-5H3,(H,41,45)(H,42,46). The van der Waals surface area contributed by atoms with E-state index in [9.17, 15) is 22.8 Å². The third-order valence-electron chi connectivity index (χ3n) is 7.80. The van der Waals surface area contributed by atoms with Gasteiger partial charge in [0.25, 0.3) is 0 Å². The summed E-state index contributed by atoms with van der Waals surface area (Å²) in [6, 6.07) is 17.9. The first-order valence-corrected chi connectivity index (χ1v) is 19.2. The van der Waals surface area contributed by atoms with Gasteiger partial charge in [-0.2, -0.15) is 0 Å². The van der Waals surface area contributed by atoms with Gasteiger partial charge in [0, 0.05) is 42.3 Å². The second-order valence-electron chi connectivity index (χ2n) is 12.2. The Morgan fingerprint density at radius 3 is 2.06 bits per heavy atom. The maximum atomic E-state index is 14.3. The Morgan fingerprint density at radius 2 is 1.48 bits per heavy atom. The number of halogens is 3. The molecular formula is C36H45Cl3N4O8S. The molecule has 0 aromatic heterocycles. The minimum atomic E-state index is -4.34. The van der Waals surface area contributed by atoms with Crippen molar-refractivity contribution in [3.05, 3.63) is 99.0 Å². The number of hydrogen-bond acceptors (Lipinski definition) is 8. The highest BCUT2D eigenvalue weighted by Gasteiger charge is 2.40. The van der Waals surface area contributed by atoms with Gasteiger partial charge in [-0.25, -0.2) is 17.9 Å². The molecule has 0 aliphatic heterocycles. The van der Waals surface area contributed by atoms with E-state index in [0.717, 1.165) is 0 Å². The molecule has 0 radical (unpaired) electrons. The molecule has 0 bridgehead atoms. The van der Waals surface area contributed by atoms with Crippen LogP contribution in [-0.4, -0.2) is 81.4 Å². The molecule has 0 aliphatic carbocycles. The summed E-state index contributed by atoms with van der Waals surface area (Å²) in [7, 11) is -4.34. The van der Waals surface area contributed by atoms with Crippen LogP contribution < -0.4 is 15.4 Å². The molecule has 0 heterocycles. The monoisotopic (exact) mass is 798 g/mol. The van der Waals surface area contributed by atoms with Crippen molar-refractivity contribution in [2.45, 2.75) is 76.5 Å². The molecule has 3 aromatic rings. The van der Waals surface area contributed by atoms with Crippen LogP contribution in [0.2, 0.25) is 15.1 Å². The minimum Gasteiger partial charge on any atom is -0.445 e. The van der Waals surface area contributed by atoms with Crippen LogP contribution in [0.1, 0.15) is 45.7 Å². The SMILES string of the molecule is CCOC(CN(C(=O)C(Cc1ccc(Cl)cc1)NC(=O)C(C)(CNS(=O)(=O)c1ccc(Cl)cc1Cl)NC(=O)OCc1ccccc1)C(C)C)OCC. The van der Waals surface area contributed by atoms with Gasteiger partial charge in [0.15, 0.2) is 6.29 Å². The summed E-state index contributed by atoms with van der Waals surface area (Å²) in [6.45, 7) is 8.53. The fourth-order valence-electron chi connectivity index (χ4n) is 4.99. The van der Waals surface area contributed by atoms with Gasteiger partial charge in [-0.1, -0.05) is 77.3 Å². The lowest BCUT2D eigenvalue weighted by Gasteiger charge is -2.35. The highest BCUT2D eigenvalue weighted by Crippen LogP contribution is 2.25. The van der Waals surface area contributed by atoms with Crippen molar-refractivity contribution in [1.29, 1.82) is 0 Å². The smallest absolute Gasteiger partial charge is 0.408 e. The molecule has 16 heteroatoms. The van der Waals surface area contributed by atoms with E-state index in [2.05, 4.69) is 15.4 Å². The number of nitrogens with zero attached hydrogens (tertiary/aromatic N) is 1. The first-order valence-electron chi connectivity index (χ1n) is 16.6. The van der Waals surface area contributed by atoms with Gasteiger partial charge in [-0.05, 0) is 76.1 Å². The molecule has 2 atom stereocenters. The summed E-state index contributed by atoms with van der Waals surface area (Å²) in [4.78, 5) is 43.1. The zero-order valence-corrected chi connectivity index (χ0v) is 32.7. The van der Waals surface area contributed by atoms with Crippen molar-refractivity contribution in [2.24, 2.45) is 0 Å². The third-order valence-corrected chi connectivity index (χ3v) is 10.2. The second-order valence-corrected chi connectivity index (χ2v) is 15.2. The molecule has 284 valence electrons. The summed E-state index contributed by atoms with van der Waals surface area (Å²) < 4.78 is 46.0. The Morgan fingerprint density at radius 1 is 0.865 bits per heavy atom. The van der Waals surface area contributed by atoms with E-state index in [1.165, 1.54) is 30.0 Å². The van der Waals surface area contributed by atoms with Crippen molar-refractivity contribution in [3.63, 3.8) is 0 Å². The molecule has 3 aromatic carbocycles. The Balaban J connectivity index is 1.98. The Kier molecular flexibility index (Phi) is 16.6. The molecule has 0 saturated heterocycles. The maximum absolute atomic E-state index is 14.3. The number of benzene rings is 3. The zero-order chi connectivity index (χ0) is 38.5. The molecule has 0 fully saturated rings. The van der Waals surface area contributed by atoms with Gasteiger partial charge in [-0.15, -0.1) is 0 Å². The highest BCUT2D eigenvalue weighted by atomic mass is 35.5. The maximum Gasteiger partial charge on any atom is 0.408 e. The Hall–Kier alpha value is -3.43. The Bertz CT molecular complexity index is 1740. The van der Waals surface area contributed by atoms with Gasteiger partial charge in [0.1, 0.15) is 23.1 Å². The van der Waals surface area contributed by atoms with Gasteiger partial charge in [0.05, 0.1) is 11.6 Å². The van der Waals surface area contributed by atoms with E-state index < -0.39 is 52.3 Å². The number of carbonyl (C=O) groups is 3. The normalized spacial score (nSPS) is 13.3. The highest BCUT2D eigenvalue weighted by molar-refractivity contribution is 7.89. The number of rotatable bonds is 19. The van der Waals surface area contributed by atoms with E-state index >= 15 is 0 Å². The first kappa shape index (κ1) is 43.0. The zero-order valence-electron chi connectivity index (χ0n) is 29.7. The molecule has 3 rings (SSSR count). The number of amides is 3. The largest absolute Gasteiger partial charge is 0.445 e. The number of nitrogens with one attached hydrogen (secondary N) is 3. The third kappa shape index (κ3) is 12.9. The summed E-state index contributed by atoms with van der Waals surface area (Å²) in [5.41, 5.74) is -0.644. The van der Waals surface area contributed by atoms with Crippen LogP contribution >= 0.6 is 34.8 Å². The molecule has 0 aliphatic rings. The lowest BCUT2D eigenvalue weighted by atomic mass is 9.98. The van der Waals surface area contributed by atoms with Crippen LogP contribution in [0.15, 0.2) is 77.7 Å². The van der Waals surface area contributed by atoms with Gasteiger partial charge in [-0.3, -0.25) is 9.59 Å². The second kappa shape index (κ2) is 20.1. The topological polar surface area (TPSA) is 152 Å². The van der Waals surface area contributed by atoms with E-state index in [0.29, 0.717) is 29.4 Å². The molecule has 2 unspecified atom stereocenters. The van der Waals surface area contributed by atoms with Crippen molar-refractivity contribution in [1.82, 2.24) is 20.3 Å². The average molecular weight is 800 g/mol. The van der Waals surface area contributed by atoms with E-state index in [1.54, 1.807) is 54.6 Å². The molecule has 3 N–H and O–H groups in total. The predicted octanol–water partition coefficient (Wildman–Crippen LogP) is 5.97. The average Bonchev–Trinajstić information content (AvgIpc) is 3.09. The summed E-state index contributed by atoms with van der Waals surface area (Å²) in [6.07, 6.45) is -1.71. The van der Waals surface area contributed by atoms with E-state index in [-0.39, 0.29) is 40.6 Å². The summed E-state index contributed by atoms with van der Waals surface area (Å²) in [5.74, 6) is -1.35. The van der Waals surface area contributed by atoms with Crippen LogP contribution in [-0.2, 0) is 46.9 Å². The number of alkyl carbamates (subject to hydrolysis) is 1. The molecule has 12 nitrogen and oxygen atoms in total. The van der Waals surface area contributed by atoms with Crippen LogP contribution in [0.25, 0.3) is 0 Å². The van der Waals surface area contributed by atoms with Crippen molar-refractivity contribution < 1.29 is 37.0 Å². The van der Waals surface area contributed by atoms with Gasteiger partial charge >= 0.3 is 6.09 Å². The van der Waals surface area contributed by atoms with E-state index in [1.807, 2.05) is 27.7 Å². The van der Waals surface area contributed by atoms with Crippen molar-refractivity contribution in [3.8, 4) is 0 Å².